The van der Waals surface area contributed by atoms with Gasteiger partial charge in [0, 0.05) is 0 Å². The molecule has 0 saturated carbocycles. The van der Waals surface area contributed by atoms with Crippen molar-refractivity contribution in [3.8, 4) is 5.75 Å². The van der Waals surface area contributed by atoms with Gasteiger partial charge in [0.1, 0.15) is 5.75 Å². The van der Waals surface area contributed by atoms with Crippen LogP contribution in [-0.4, -0.2) is 16.0 Å². The Hall–Kier alpha value is -1.51. The molecule has 142 valence electrons. The SMILES string of the molecule is CCCCCCCCCCCCCCC/C(=N/O)c1ccc(O)cc1. The van der Waals surface area contributed by atoms with Crippen LogP contribution in [0.2, 0.25) is 0 Å². The summed E-state index contributed by atoms with van der Waals surface area (Å²) in [6.07, 6.45) is 18.1. The summed E-state index contributed by atoms with van der Waals surface area (Å²) in [5.74, 6) is 0.238. The first-order valence-electron chi connectivity index (χ1n) is 10.3. The summed E-state index contributed by atoms with van der Waals surface area (Å²) in [5, 5.41) is 21.9. The molecule has 0 aromatic heterocycles. The van der Waals surface area contributed by atoms with Gasteiger partial charge in [0.05, 0.1) is 5.71 Å². The van der Waals surface area contributed by atoms with E-state index in [-0.39, 0.29) is 5.75 Å². The summed E-state index contributed by atoms with van der Waals surface area (Å²) >= 11 is 0. The Morgan fingerprint density at radius 2 is 1.16 bits per heavy atom. The van der Waals surface area contributed by atoms with Gasteiger partial charge in [0.25, 0.3) is 0 Å². The Bertz CT molecular complexity index is 454. The van der Waals surface area contributed by atoms with E-state index in [1.807, 2.05) is 0 Å². The topological polar surface area (TPSA) is 52.8 Å². The molecular weight excluding hydrogens is 310 g/mol. The molecule has 2 N–H and O–H groups in total. The number of benzene rings is 1. The van der Waals surface area contributed by atoms with Crippen LogP contribution in [0.1, 0.15) is 102 Å². The summed E-state index contributed by atoms with van der Waals surface area (Å²) in [6.45, 7) is 2.27. The van der Waals surface area contributed by atoms with Gasteiger partial charge < -0.3 is 10.3 Å². The molecule has 0 bridgehead atoms. The summed E-state index contributed by atoms with van der Waals surface area (Å²) in [7, 11) is 0. The van der Waals surface area contributed by atoms with Gasteiger partial charge >= 0.3 is 0 Å². The average molecular weight is 348 g/mol. The van der Waals surface area contributed by atoms with E-state index < -0.39 is 0 Å². The van der Waals surface area contributed by atoms with E-state index in [1.54, 1.807) is 24.3 Å². The fourth-order valence-corrected chi connectivity index (χ4v) is 3.22. The quantitative estimate of drug-likeness (QED) is 0.154. The van der Waals surface area contributed by atoms with Crippen molar-refractivity contribution in [2.24, 2.45) is 5.16 Å². The molecule has 0 atom stereocenters. The highest BCUT2D eigenvalue weighted by Crippen LogP contribution is 2.16. The first-order valence-corrected chi connectivity index (χ1v) is 10.3. The number of phenols is 1. The predicted octanol–water partition coefficient (Wildman–Crippen LogP) is 7.05. The van der Waals surface area contributed by atoms with Crippen molar-refractivity contribution in [2.75, 3.05) is 0 Å². The zero-order chi connectivity index (χ0) is 18.2. The van der Waals surface area contributed by atoms with E-state index in [9.17, 15) is 5.11 Å². The minimum atomic E-state index is 0.238. The molecular formula is C22H37NO2. The van der Waals surface area contributed by atoms with Crippen LogP contribution in [0.25, 0.3) is 0 Å². The van der Waals surface area contributed by atoms with Gasteiger partial charge in [-0.05, 0) is 42.7 Å². The van der Waals surface area contributed by atoms with Crippen LogP contribution in [0.4, 0.5) is 0 Å². The maximum absolute atomic E-state index is 9.31. The second-order valence-electron chi connectivity index (χ2n) is 7.09. The van der Waals surface area contributed by atoms with Crippen LogP contribution in [0.3, 0.4) is 0 Å². The molecule has 0 radical (unpaired) electrons. The van der Waals surface area contributed by atoms with Crippen LogP contribution in [-0.2, 0) is 0 Å². The van der Waals surface area contributed by atoms with Crippen molar-refractivity contribution < 1.29 is 10.3 Å². The molecule has 0 aliphatic heterocycles. The van der Waals surface area contributed by atoms with Gasteiger partial charge in [-0.15, -0.1) is 0 Å². The van der Waals surface area contributed by atoms with Gasteiger partial charge in [-0.25, -0.2) is 0 Å². The Kier molecular flexibility index (Phi) is 12.7. The molecule has 3 heteroatoms. The molecule has 0 aliphatic rings. The number of rotatable bonds is 15. The lowest BCUT2D eigenvalue weighted by Gasteiger charge is -2.05. The van der Waals surface area contributed by atoms with Gasteiger partial charge in [0.15, 0.2) is 0 Å². The Labute approximate surface area is 154 Å². The molecule has 0 saturated heterocycles. The third-order valence-corrected chi connectivity index (χ3v) is 4.84. The van der Waals surface area contributed by atoms with Gasteiger partial charge in [-0.1, -0.05) is 89.1 Å². The maximum Gasteiger partial charge on any atom is 0.115 e. The Morgan fingerprint density at radius 3 is 1.60 bits per heavy atom. The summed E-state index contributed by atoms with van der Waals surface area (Å²) in [5.41, 5.74) is 1.60. The number of nitrogens with zero attached hydrogens (tertiary/aromatic N) is 1. The number of oxime groups is 1. The lowest BCUT2D eigenvalue weighted by molar-refractivity contribution is 0.317. The second-order valence-corrected chi connectivity index (χ2v) is 7.09. The fourth-order valence-electron chi connectivity index (χ4n) is 3.22. The van der Waals surface area contributed by atoms with Crippen LogP contribution in [0.5, 0.6) is 5.75 Å². The first-order chi connectivity index (χ1) is 12.3. The molecule has 0 amide bonds. The van der Waals surface area contributed by atoms with E-state index >= 15 is 0 Å². The molecule has 0 unspecified atom stereocenters. The largest absolute Gasteiger partial charge is 0.508 e. The number of aromatic hydroxyl groups is 1. The molecule has 1 rings (SSSR count). The summed E-state index contributed by atoms with van der Waals surface area (Å²) in [6, 6.07) is 6.86. The van der Waals surface area contributed by atoms with Crippen molar-refractivity contribution in [1.82, 2.24) is 0 Å². The molecule has 0 fully saturated rings. The third kappa shape index (κ3) is 10.9. The van der Waals surface area contributed by atoms with Crippen LogP contribution in [0, 0.1) is 0 Å². The standard InChI is InChI=1S/C22H37NO2/c1-2-3-4-5-6-7-8-9-10-11-12-13-14-15-22(23-25)20-16-18-21(24)19-17-20/h16-19,24-25H,2-15H2,1H3/b23-22-. The van der Waals surface area contributed by atoms with Crippen LogP contribution >= 0.6 is 0 Å². The van der Waals surface area contributed by atoms with Crippen LogP contribution in [0.15, 0.2) is 29.4 Å². The average Bonchev–Trinajstić information content (AvgIpc) is 2.63. The van der Waals surface area contributed by atoms with Crippen molar-refractivity contribution in [3.05, 3.63) is 29.8 Å². The smallest absolute Gasteiger partial charge is 0.115 e. The number of hydrogen-bond acceptors (Lipinski definition) is 3. The molecule has 0 heterocycles. The molecule has 0 spiro atoms. The third-order valence-electron chi connectivity index (χ3n) is 4.84. The van der Waals surface area contributed by atoms with Crippen molar-refractivity contribution in [3.63, 3.8) is 0 Å². The van der Waals surface area contributed by atoms with Crippen LogP contribution < -0.4 is 0 Å². The fraction of sp³-hybridized carbons (Fsp3) is 0.682. The summed E-state index contributed by atoms with van der Waals surface area (Å²) < 4.78 is 0. The first kappa shape index (κ1) is 21.5. The molecule has 1 aromatic carbocycles. The Morgan fingerprint density at radius 1 is 0.720 bits per heavy atom. The minimum Gasteiger partial charge on any atom is -0.508 e. The molecule has 1 aromatic rings. The Balaban J connectivity index is 1.95. The van der Waals surface area contributed by atoms with Gasteiger partial charge in [-0.3, -0.25) is 0 Å². The zero-order valence-corrected chi connectivity index (χ0v) is 16.1. The van der Waals surface area contributed by atoms with E-state index in [0.29, 0.717) is 5.71 Å². The second kappa shape index (κ2) is 14.8. The van der Waals surface area contributed by atoms with E-state index in [0.717, 1.165) is 18.4 Å². The highest BCUT2D eigenvalue weighted by atomic mass is 16.4. The van der Waals surface area contributed by atoms with E-state index in [2.05, 4.69) is 12.1 Å². The number of hydrogen-bond donors (Lipinski definition) is 2. The predicted molar refractivity (Wildman–Crippen MR) is 107 cm³/mol. The number of unbranched alkanes of at least 4 members (excludes halogenated alkanes) is 12. The number of phenolic OH excluding ortho intramolecular Hbond substituents is 1. The van der Waals surface area contributed by atoms with Gasteiger partial charge in [0.2, 0.25) is 0 Å². The molecule has 0 aliphatic carbocycles. The lowest BCUT2D eigenvalue weighted by atomic mass is 10.0. The molecule has 3 nitrogen and oxygen atoms in total. The highest BCUT2D eigenvalue weighted by molar-refractivity contribution is 6.00. The maximum atomic E-state index is 9.31. The van der Waals surface area contributed by atoms with Gasteiger partial charge in [-0.2, -0.15) is 0 Å². The monoisotopic (exact) mass is 347 g/mol. The minimum absolute atomic E-state index is 0.238. The van der Waals surface area contributed by atoms with Crippen molar-refractivity contribution in [1.29, 1.82) is 0 Å². The zero-order valence-electron chi connectivity index (χ0n) is 16.1. The van der Waals surface area contributed by atoms with Crippen molar-refractivity contribution in [2.45, 2.75) is 96.8 Å². The lowest BCUT2D eigenvalue weighted by Crippen LogP contribution is -2.00. The highest BCUT2D eigenvalue weighted by Gasteiger charge is 2.04. The van der Waals surface area contributed by atoms with E-state index in [1.165, 1.54) is 77.0 Å². The summed E-state index contributed by atoms with van der Waals surface area (Å²) in [4.78, 5) is 0. The normalized spacial score (nSPS) is 11.8. The van der Waals surface area contributed by atoms with Crippen molar-refractivity contribution >= 4 is 5.71 Å². The molecule has 25 heavy (non-hydrogen) atoms. The van der Waals surface area contributed by atoms with E-state index in [4.69, 9.17) is 5.21 Å².